The third-order valence-electron chi connectivity index (χ3n) is 5.54. The van der Waals surface area contributed by atoms with Crippen LogP contribution in [0.4, 0.5) is 5.13 Å². The van der Waals surface area contributed by atoms with Gasteiger partial charge < -0.3 is 15.0 Å². The third kappa shape index (κ3) is 5.02. The highest BCUT2D eigenvalue weighted by molar-refractivity contribution is 7.13. The van der Waals surface area contributed by atoms with E-state index in [0.717, 1.165) is 74.5 Å². The summed E-state index contributed by atoms with van der Waals surface area (Å²) in [6, 6.07) is 8.23. The number of hydrogen-bond acceptors (Lipinski definition) is 5. The van der Waals surface area contributed by atoms with Crippen molar-refractivity contribution in [1.29, 1.82) is 0 Å². The average Bonchev–Trinajstić information content (AvgIpc) is 3.18. The second-order valence-electron chi connectivity index (χ2n) is 7.05. The first kappa shape index (κ1) is 20.6. The van der Waals surface area contributed by atoms with Crippen LogP contribution in [0, 0.1) is 0 Å². The summed E-state index contributed by atoms with van der Waals surface area (Å²) in [6.45, 7) is 10.3. The lowest BCUT2D eigenvalue weighted by molar-refractivity contribution is 0.0620. The molecule has 4 nitrogen and oxygen atoms in total. The summed E-state index contributed by atoms with van der Waals surface area (Å²) in [5, 5.41) is 7.51. The van der Waals surface area contributed by atoms with Crippen LogP contribution in [0.15, 0.2) is 29.6 Å². The molecule has 0 unspecified atom stereocenters. The zero-order valence-electron chi connectivity index (χ0n) is 16.3. The van der Waals surface area contributed by atoms with E-state index < -0.39 is 0 Å². The summed E-state index contributed by atoms with van der Waals surface area (Å²) in [5.74, 6) is 0. The van der Waals surface area contributed by atoms with Crippen LogP contribution in [0.2, 0.25) is 5.02 Å². The monoisotopic (exact) mass is 407 g/mol. The van der Waals surface area contributed by atoms with Gasteiger partial charge in [-0.15, -0.1) is 11.3 Å². The van der Waals surface area contributed by atoms with Crippen molar-refractivity contribution < 1.29 is 4.74 Å². The van der Waals surface area contributed by atoms with Crippen LogP contribution in [-0.4, -0.2) is 49.3 Å². The van der Waals surface area contributed by atoms with E-state index in [-0.39, 0.29) is 5.41 Å². The number of halogens is 1. The van der Waals surface area contributed by atoms with Crippen LogP contribution in [0.3, 0.4) is 0 Å². The highest BCUT2D eigenvalue weighted by atomic mass is 35.5. The number of thiazole rings is 1. The number of rotatable bonds is 9. The van der Waals surface area contributed by atoms with Crippen LogP contribution < -0.4 is 5.32 Å². The molecule has 148 valence electrons. The Morgan fingerprint density at radius 1 is 1.26 bits per heavy atom. The third-order valence-corrected chi connectivity index (χ3v) is 6.57. The number of nitrogens with zero attached hydrogens (tertiary/aromatic N) is 2. The van der Waals surface area contributed by atoms with Gasteiger partial charge in [0, 0.05) is 35.6 Å². The molecule has 27 heavy (non-hydrogen) atoms. The van der Waals surface area contributed by atoms with Crippen LogP contribution >= 0.6 is 22.9 Å². The maximum absolute atomic E-state index is 6.29. The molecule has 0 spiro atoms. The van der Waals surface area contributed by atoms with E-state index in [1.807, 2.05) is 12.1 Å². The van der Waals surface area contributed by atoms with Crippen LogP contribution in [-0.2, 0) is 10.2 Å². The molecule has 0 radical (unpaired) electrons. The minimum absolute atomic E-state index is 0.0964. The van der Waals surface area contributed by atoms with Gasteiger partial charge in [0.2, 0.25) is 0 Å². The van der Waals surface area contributed by atoms with Gasteiger partial charge in [-0.25, -0.2) is 4.98 Å². The van der Waals surface area contributed by atoms with Crippen LogP contribution in [0.25, 0.3) is 0 Å². The lowest BCUT2D eigenvalue weighted by atomic mass is 9.72. The fraction of sp³-hybridized carbons (Fsp3) is 0.571. The van der Waals surface area contributed by atoms with E-state index in [0.29, 0.717) is 0 Å². The smallest absolute Gasteiger partial charge is 0.182 e. The molecule has 1 aromatic carbocycles. The van der Waals surface area contributed by atoms with E-state index >= 15 is 0 Å². The van der Waals surface area contributed by atoms with Crippen LogP contribution in [0.5, 0.6) is 0 Å². The van der Waals surface area contributed by atoms with Crippen LogP contribution in [0.1, 0.15) is 44.4 Å². The maximum atomic E-state index is 6.29. The standard InChI is InChI=1S/C21H30ClN3OS/c1-3-25(4-2)12-6-11-23-20-24-19(16-27-20)21(9-13-26-14-10-21)17-7-5-8-18(22)15-17/h5,7-8,15-16H,3-4,6,9-14H2,1-2H3,(H,23,24). The van der Waals surface area contributed by atoms with Crippen molar-refractivity contribution in [2.75, 3.05) is 44.7 Å². The Kier molecular flexibility index (Phi) is 7.53. The second kappa shape index (κ2) is 9.87. The summed E-state index contributed by atoms with van der Waals surface area (Å²) in [4.78, 5) is 7.41. The summed E-state index contributed by atoms with van der Waals surface area (Å²) in [5.41, 5.74) is 2.29. The van der Waals surface area contributed by atoms with Crippen molar-refractivity contribution in [3.63, 3.8) is 0 Å². The van der Waals surface area contributed by atoms with Gasteiger partial charge >= 0.3 is 0 Å². The van der Waals surface area contributed by atoms with Crippen molar-refractivity contribution in [3.8, 4) is 0 Å². The maximum Gasteiger partial charge on any atom is 0.182 e. The van der Waals surface area contributed by atoms with E-state index in [1.54, 1.807) is 11.3 Å². The lowest BCUT2D eigenvalue weighted by Gasteiger charge is -2.36. The predicted octanol–water partition coefficient (Wildman–Crippen LogP) is 5.04. The van der Waals surface area contributed by atoms with Crippen molar-refractivity contribution in [2.24, 2.45) is 0 Å². The molecule has 2 heterocycles. The lowest BCUT2D eigenvalue weighted by Crippen LogP contribution is -2.35. The molecule has 0 saturated carbocycles. The Morgan fingerprint density at radius 3 is 2.74 bits per heavy atom. The summed E-state index contributed by atoms with van der Waals surface area (Å²) in [6.07, 6.45) is 3.01. The fourth-order valence-corrected chi connectivity index (χ4v) is 4.84. The Balaban J connectivity index is 1.70. The van der Waals surface area contributed by atoms with Gasteiger partial charge in [0.25, 0.3) is 0 Å². The molecule has 1 aliphatic rings. The van der Waals surface area contributed by atoms with Gasteiger partial charge in [0.15, 0.2) is 5.13 Å². The van der Waals surface area contributed by atoms with Crippen molar-refractivity contribution >= 4 is 28.1 Å². The Morgan fingerprint density at radius 2 is 2.04 bits per heavy atom. The van der Waals surface area contributed by atoms with Gasteiger partial charge in [0.05, 0.1) is 5.69 Å². The number of benzene rings is 1. The molecule has 0 atom stereocenters. The van der Waals surface area contributed by atoms with Gasteiger partial charge in [-0.1, -0.05) is 37.6 Å². The molecule has 1 aliphatic heterocycles. The fourth-order valence-electron chi connectivity index (χ4n) is 3.81. The summed E-state index contributed by atoms with van der Waals surface area (Å²) < 4.78 is 5.65. The quantitative estimate of drug-likeness (QED) is 0.591. The largest absolute Gasteiger partial charge is 0.381 e. The van der Waals surface area contributed by atoms with Gasteiger partial charge in [-0.05, 0) is 56.6 Å². The van der Waals surface area contributed by atoms with E-state index in [4.69, 9.17) is 21.3 Å². The average molecular weight is 408 g/mol. The Bertz CT molecular complexity index is 711. The first-order valence-electron chi connectivity index (χ1n) is 9.94. The zero-order chi connectivity index (χ0) is 19.1. The van der Waals surface area contributed by atoms with Gasteiger partial charge in [-0.2, -0.15) is 0 Å². The van der Waals surface area contributed by atoms with Crippen molar-refractivity contribution in [1.82, 2.24) is 9.88 Å². The summed E-state index contributed by atoms with van der Waals surface area (Å²) >= 11 is 7.99. The van der Waals surface area contributed by atoms with E-state index in [2.05, 4.69) is 41.6 Å². The Hall–Kier alpha value is -1.14. The number of ether oxygens (including phenoxy) is 1. The minimum atomic E-state index is -0.0964. The molecule has 6 heteroatoms. The number of anilines is 1. The molecular formula is C21H30ClN3OS. The van der Waals surface area contributed by atoms with Gasteiger partial charge in [-0.3, -0.25) is 0 Å². The molecule has 2 aromatic rings. The molecular weight excluding hydrogens is 378 g/mol. The zero-order valence-corrected chi connectivity index (χ0v) is 17.9. The first-order valence-corrected chi connectivity index (χ1v) is 11.2. The molecule has 3 rings (SSSR count). The summed E-state index contributed by atoms with van der Waals surface area (Å²) in [7, 11) is 0. The number of nitrogens with one attached hydrogen (secondary N) is 1. The van der Waals surface area contributed by atoms with Crippen molar-refractivity contribution in [3.05, 3.63) is 45.9 Å². The molecule has 1 N–H and O–H groups in total. The highest BCUT2D eigenvalue weighted by Crippen LogP contribution is 2.42. The van der Waals surface area contributed by atoms with Gasteiger partial charge in [0.1, 0.15) is 0 Å². The highest BCUT2D eigenvalue weighted by Gasteiger charge is 2.38. The minimum Gasteiger partial charge on any atom is -0.381 e. The topological polar surface area (TPSA) is 37.4 Å². The number of hydrogen-bond donors (Lipinski definition) is 1. The molecule has 1 fully saturated rings. The van der Waals surface area contributed by atoms with E-state index in [9.17, 15) is 0 Å². The predicted molar refractivity (Wildman–Crippen MR) is 115 cm³/mol. The first-order chi connectivity index (χ1) is 13.2. The number of aromatic nitrogens is 1. The second-order valence-corrected chi connectivity index (χ2v) is 8.34. The molecule has 1 saturated heterocycles. The Labute approximate surface area is 171 Å². The van der Waals surface area contributed by atoms with E-state index in [1.165, 1.54) is 5.56 Å². The SMILES string of the molecule is CCN(CC)CCCNc1nc(C2(c3cccc(Cl)c3)CCOCC2)cs1. The van der Waals surface area contributed by atoms with Crippen molar-refractivity contribution in [2.45, 2.75) is 38.5 Å². The molecule has 0 bridgehead atoms. The normalized spacial score (nSPS) is 16.6. The molecule has 0 amide bonds. The molecule has 1 aromatic heterocycles. The molecule has 0 aliphatic carbocycles.